The molecule has 1 atom stereocenters. The minimum absolute atomic E-state index is 0.273. The van der Waals surface area contributed by atoms with E-state index < -0.39 is 11.7 Å². The van der Waals surface area contributed by atoms with E-state index in [1.807, 2.05) is 18.2 Å². The number of likely N-dealkylation sites (tertiary alicyclic amines) is 1. The molecule has 17 heavy (non-hydrogen) atoms. The number of rotatable bonds is 2. The topological polar surface area (TPSA) is 32.7 Å². The molecule has 0 N–H and O–H groups in total. The average Bonchev–Trinajstić information content (AvgIpc) is 2.81. The molecule has 1 aromatic carbocycles. The molecule has 1 amide bonds. The van der Waals surface area contributed by atoms with Crippen LogP contribution in [-0.4, -0.2) is 35.4 Å². The summed E-state index contributed by atoms with van der Waals surface area (Å²) < 4.78 is 14.3. The molecule has 2 aliphatic heterocycles. The normalized spacial score (nSPS) is 26.9. The second kappa shape index (κ2) is 3.65. The minimum atomic E-state index is -2.08. The molecule has 3 nitrogen and oxygen atoms in total. The Morgan fingerprint density at radius 2 is 1.88 bits per heavy atom. The summed E-state index contributed by atoms with van der Waals surface area (Å²) in [5, 5.41) is 0. The first-order chi connectivity index (χ1) is 8.22. The monoisotopic (exact) mass is 232 g/mol. The summed E-state index contributed by atoms with van der Waals surface area (Å²) in [4.78, 5) is 17.3. The maximum atomic E-state index is 14.3. The van der Waals surface area contributed by atoms with Crippen molar-refractivity contribution < 1.29 is 9.18 Å². The number of carbonyl (C=O) groups excluding carboxylic acids is 1. The smallest absolute Gasteiger partial charge is 0.321 e. The summed E-state index contributed by atoms with van der Waals surface area (Å²) in [5.74, 6) is -2.57. The lowest BCUT2D eigenvalue weighted by Crippen LogP contribution is -2.40. The molecule has 3 rings (SSSR count). The van der Waals surface area contributed by atoms with Crippen LogP contribution in [0, 0.1) is 0 Å². The van der Waals surface area contributed by atoms with Crippen molar-refractivity contribution in [3.8, 4) is 0 Å². The van der Waals surface area contributed by atoms with E-state index in [-0.39, 0.29) is 5.71 Å². The lowest BCUT2D eigenvalue weighted by molar-refractivity contribution is -0.136. The third-order valence-corrected chi connectivity index (χ3v) is 3.25. The average molecular weight is 232 g/mol. The zero-order valence-corrected chi connectivity index (χ0v) is 9.40. The summed E-state index contributed by atoms with van der Waals surface area (Å²) in [6, 6.07) is 9.04. The Kier molecular flexibility index (Phi) is 2.24. The van der Waals surface area contributed by atoms with Gasteiger partial charge in [0.2, 0.25) is 0 Å². The van der Waals surface area contributed by atoms with Crippen LogP contribution in [0.1, 0.15) is 18.4 Å². The number of alkyl halides is 1. The van der Waals surface area contributed by atoms with Gasteiger partial charge in [0.1, 0.15) is 5.71 Å². The van der Waals surface area contributed by atoms with Gasteiger partial charge < -0.3 is 4.90 Å². The Morgan fingerprint density at radius 3 is 2.53 bits per heavy atom. The number of amides is 1. The summed E-state index contributed by atoms with van der Waals surface area (Å²) in [6.45, 7) is 1.31. The van der Waals surface area contributed by atoms with Crippen LogP contribution >= 0.6 is 0 Å². The second-order valence-electron chi connectivity index (χ2n) is 4.45. The first kappa shape index (κ1) is 10.4. The van der Waals surface area contributed by atoms with E-state index in [9.17, 15) is 9.18 Å². The van der Waals surface area contributed by atoms with Crippen LogP contribution in [0.4, 0.5) is 4.39 Å². The number of aliphatic imine (C=N–C) groups is 1. The molecule has 88 valence electrons. The van der Waals surface area contributed by atoms with Crippen molar-refractivity contribution in [1.29, 1.82) is 0 Å². The van der Waals surface area contributed by atoms with Gasteiger partial charge in [-0.1, -0.05) is 30.3 Å². The van der Waals surface area contributed by atoms with Crippen LogP contribution < -0.4 is 0 Å². The molecule has 1 unspecified atom stereocenters. The van der Waals surface area contributed by atoms with Crippen molar-refractivity contribution in [2.75, 3.05) is 13.1 Å². The Balaban J connectivity index is 1.76. The van der Waals surface area contributed by atoms with Crippen molar-refractivity contribution in [2.45, 2.75) is 18.6 Å². The summed E-state index contributed by atoms with van der Waals surface area (Å²) in [6.07, 6.45) is 1.92. The molecule has 2 heterocycles. The molecule has 0 aliphatic carbocycles. The van der Waals surface area contributed by atoms with Gasteiger partial charge in [-0.2, -0.15) is 4.39 Å². The van der Waals surface area contributed by atoms with Gasteiger partial charge in [0, 0.05) is 18.7 Å². The zero-order chi connectivity index (χ0) is 11.9. The van der Waals surface area contributed by atoms with Gasteiger partial charge in [0.25, 0.3) is 5.91 Å². The minimum Gasteiger partial charge on any atom is -0.338 e. The van der Waals surface area contributed by atoms with E-state index in [1.165, 1.54) is 0 Å². The first-order valence-corrected chi connectivity index (χ1v) is 5.86. The maximum absolute atomic E-state index is 14.3. The number of hydrogen-bond donors (Lipinski definition) is 0. The van der Waals surface area contributed by atoms with E-state index in [0.717, 1.165) is 12.8 Å². The number of benzene rings is 1. The van der Waals surface area contributed by atoms with Crippen molar-refractivity contribution in [3.63, 3.8) is 0 Å². The summed E-state index contributed by atoms with van der Waals surface area (Å²) in [7, 11) is 0. The number of nitrogens with zero attached hydrogens (tertiary/aromatic N) is 2. The highest BCUT2D eigenvalue weighted by atomic mass is 19.1. The Morgan fingerprint density at radius 1 is 1.24 bits per heavy atom. The van der Waals surface area contributed by atoms with E-state index in [2.05, 4.69) is 4.99 Å². The zero-order valence-electron chi connectivity index (χ0n) is 9.40. The molecule has 1 saturated heterocycles. The molecule has 0 radical (unpaired) electrons. The van der Waals surface area contributed by atoms with Crippen LogP contribution in [0.5, 0.6) is 0 Å². The standard InChI is InChI=1S/C13H13FN2O/c14-13(12(17)16-8-4-5-9-16)11(15-13)10-6-2-1-3-7-10/h1-3,6-7H,4-5,8-9H2. The van der Waals surface area contributed by atoms with Crippen LogP contribution in [0.3, 0.4) is 0 Å². The fourth-order valence-corrected chi connectivity index (χ4v) is 2.26. The Bertz CT molecular complexity index is 479. The molecule has 2 aliphatic rings. The largest absolute Gasteiger partial charge is 0.338 e. The molecule has 0 spiro atoms. The quantitative estimate of drug-likeness (QED) is 0.715. The molecule has 0 saturated carbocycles. The van der Waals surface area contributed by atoms with Crippen LogP contribution in [0.15, 0.2) is 35.3 Å². The van der Waals surface area contributed by atoms with Gasteiger partial charge in [-0.05, 0) is 12.8 Å². The van der Waals surface area contributed by atoms with Gasteiger partial charge in [-0.15, -0.1) is 0 Å². The van der Waals surface area contributed by atoms with Crippen molar-refractivity contribution in [2.24, 2.45) is 4.99 Å². The highest BCUT2D eigenvalue weighted by Gasteiger charge is 2.57. The SMILES string of the molecule is O=C(N1CCCC1)C1(F)N=C1c1ccccc1. The molecule has 1 aromatic rings. The Hall–Kier alpha value is -1.71. The van der Waals surface area contributed by atoms with Crippen LogP contribution in [0.25, 0.3) is 0 Å². The lowest BCUT2D eigenvalue weighted by atomic mass is 10.1. The van der Waals surface area contributed by atoms with Crippen molar-refractivity contribution >= 4 is 11.6 Å². The molecule has 4 heteroatoms. The molecule has 1 fully saturated rings. The molecule has 0 aromatic heterocycles. The predicted molar refractivity (Wildman–Crippen MR) is 62.6 cm³/mol. The van der Waals surface area contributed by atoms with E-state index in [4.69, 9.17) is 0 Å². The van der Waals surface area contributed by atoms with Gasteiger partial charge in [0.05, 0.1) is 0 Å². The number of carbonyl (C=O) groups is 1. The van der Waals surface area contributed by atoms with Crippen molar-refractivity contribution in [1.82, 2.24) is 4.90 Å². The highest BCUT2D eigenvalue weighted by Crippen LogP contribution is 2.36. The fourth-order valence-electron chi connectivity index (χ4n) is 2.26. The Labute approximate surface area is 99.0 Å². The maximum Gasteiger partial charge on any atom is 0.321 e. The van der Waals surface area contributed by atoms with Crippen LogP contribution in [-0.2, 0) is 4.79 Å². The van der Waals surface area contributed by atoms with Gasteiger partial charge in [-0.3, -0.25) is 4.79 Å². The third kappa shape index (κ3) is 1.64. The lowest BCUT2D eigenvalue weighted by Gasteiger charge is -2.16. The number of hydrogen-bond acceptors (Lipinski definition) is 2. The molecule has 0 bridgehead atoms. The molecular formula is C13H13FN2O. The van der Waals surface area contributed by atoms with E-state index in [1.54, 1.807) is 17.0 Å². The molecular weight excluding hydrogens is 219 g/mol. The first-order valence-electron chi connectivity index (χ1n) is 5.86. The predicted octanol–water partition coefficient (Wildman–Crippen LogP) is 1.78. The summed E-state index contributed by atoms with van der Waals surface area (Å²) in [5.41, 5.74) is 0.970. The highest BCUT2D eigenvalue weighted by molar-refractivity contribution is 6.28. The third-order valence-electron chi connectivity index (χ3n) is 3.25. The van der Waals surface area contributed by atoms with Crippen LogP contribution in [0.2, 0.25) is 0 Å². The number of halogens is 1. The summed E-state index contributed by atoms with van der Waals surface area (Å²) >= 11 is 0. The fraction of sp³-hybridized carbons (Fsp3) is 0.385. The van der Waals surface area contributed by atoms with Gasteiger partial charge in [-0.25, -0.2) is 4.99 Å². The second-order valence-corrected chi connectivity index (χ2v) is 4.45. The van der Waals surface area contributed by atoms with Gasteiger partial charge >= 0.3 is 5.79 Å². The van der Waals surface area contributed by atoms with E-state index in [0.29, 0.717) is 18.7 Å². The van der Waals surface area contributed by atoms with E-state index >= 15 is 0 Å². The van der Waals surface area contributed by atoms with Crippen molar-refractivity contribution in [3.05, 3.63) is 35.9 Å². The van der Waals surface area contributed by atoms with Gasteiger partial charge in [0.15, 0.2) is 0 Å².